The maximum atomic E-state index is 12.3. The molecule has 1 aliphatic heterocycles. The predicted molar refractivity (Wildman–Crippen MR) is 90.8 cm³/mol. The molecular formula is C18H19NO6. The molecule has 0 radical (unpaired) electrons. The van der Waals surface area contributed by atoms with E-state index in [0.717, 1.165) is 0 Å². The molecule has 0 aromatic heterocycles. The van der Waals surface area contributed by atoms with Crippen molar-refractivity contribution >= 4 is 17.6 Å². The van der Waals surface area contributed by atoms with E-state index in [-0.39, 0.29) is 18.1 Å². The Morgan fingerprint density at radius 2 is 1.80 bits per heavy atom. The first kappa shape index (κ1) is 18.3. The van der Waals surface area contributed by atoms with Gasteiger partial charge in [-0.2, -0.15) is 0 Å². The van der Waals surface area contributed by atoms with Gasteiger partial charge in [-0.3, -0.25) is 0 Å². The van der Waals surface area contributed by atoms with Crippen molar-refractivity contribution in [1.29, 1.82) is 0 Å². The summed E-state index contributed by atoms with van der Waals surface area (Å²) < 4.78 is 19.9. The van der Waals surface area contributed by atoms with Crippen LogP contribution in [0.15, 0.2) is 60.0 Å². The summed E-state index contributed by atoms with van der Waals surface area (Å²) in [6, 6.07) is 7.00. The van der Waals surface area contributed by atoms with Crippen molar-refractivity contribution in [3.05, 3.63) is 60.0 Å². The Balaban J connectivity index is 2.53. The topological polar surface area (TPSA) is 74.3 Å². The van der Waals surface area contributed by atoms with Gasteiger partial charge in [0.2, 0.25) is 0 Å². The molecule has 0 saturated heterocycles. The van der Waals surface area contributed by atoms with Crippen molar-refractivity contribution < 1.29 is 28.5 Å². The molecule has 0 atom stereocenters. The summed E-state index contributed by atoms with van der Waals surface area (Å²) in [5.74, 6) is -0.759. The number of hydrogen-bond acceptors (Lipinski definition) is 7. The molecule has 1 aromatic carbocycles. The Morgan fingerprint density at radius 1 is 1.04 bits per heavy atom. The van der Waals surface area contributed by atoms with Crippen LogP contribution in [0.1, 0.15) is 0 Å². The molecule has 7 nitrogen and oxygen atoms in total. The van der Waals surface area contributed by atoms with Gasteiger partial charge in [0, 0.05) is 25.1 Å². The number of carbonyl (C=O) groups is 2. The van der Waals surface area contributed by atoms with Gasteiger partial charge < -0.3 is 23.8 Å². The molecule has 0 N–H and O–H groups in total. The quantitative estimate of drug-likeness (QED) is 0.578. The summed E-state index contributed by atoms with van der Waals surface area (Å²) in [5.41, 5.74) is 0.737. The van der Waals surface area contributed by atoms with Crippen LogP contribution < -0.4 is 9.64 Å². The minimum Gasteiger partial charge on any atom is -0.467 e. The second kappa shape index (κ2) is 8.70. The first-order valence-corrected chi connectivity index (χ1v) is 7.39. The first-order valence-electron chi connectivity index (χ1n) is 7.39. The lowest BCUT2D eigenvalue weighted by molar-refractivity contribution is -0.139. The maximum Gasteiger partial charge on any atom is 0.355 e. The number of ether oxygens (including phenoxy) is 4. The number of rotatable bonds is 6. The van der Waals surface area contributed by atoms with Crippen LogP contribution in [0.2, 0.25) is 0 Å². The van der Waals surface area contributed by atoms with Gasteiger partial charge in [0.25, 0.3) is 0 Å². The van der Waals surface area contributed by atoms with Crippen molar-refractivity contribution in [2.45, 2.75) is 0 Å². The second-order valence-corrected chi connectivity index (χ2v) is 4.86. The standard InChI is InChI=1S/C18H19NO6/c1-22-12-25-14-8-6-7-13(11-14)19-10-5-4-9-15(17(20)23-2)16(19)18(21)24-3/h4-11H,12H2,1-3H3. The number of benzene rings is 1. The minimum absolute atomic E-state index is 0.0447. The number of allylic oxidation sites excluding steroid dienone is 2. The van der Waals surface area contributed by atoms with Crippen molar-refractivity contribution in [2.24, 2.45) is 0 Å². The third-order valence-electron chi connectivity index (χ3n) is 3.33. The highest BCUT2D eigenvalue weighted by molar-refractivity contribution is 6.05. The number of carbonyl (C=O) groups excluding carboxylic acids is 2. The van der Waals surface area contributed by atoms with Gasteiger partial charge in [-0.15, -0.1) is 0 Å². The van der Waals surface area contributed by atoms with Gasteiger partial charge in [-0.1, -0.05) is 12.1 Å². The lowest BCUT2D eigenvalue weighted by Crippen LogP contribution is -2.26. The monoisotopic (exact) mass is 345 g/mol. The molecule has 0 fully saturated rings. The van der Waals surface area contributed by atoms with Crippen LogP contribution in [0.3, 0.4) is 0 Å². The molecule has 0 spiro atoms. The highest BCUT2D eigenvalue weighted by atomic mass is 16.7. The highest BCUT2D eigenvalue weighted by Gasteiger charge is 2.27. The number of anilines is 1. The van der Waals surface area contributed by atoms with E-state index >= 15 is 0 Å². The molecule has 1 aliphatic rings. The van der Waals surface area contributed by atoms with Crippen molar-refractivity contribution in [2.75, 3.05) is 33.0 Å². The predicted octanol–water partition coefficient (Wildman–Crippen LogP) is 2.16. The minimum atomic E-state index is -0.667. The van der Waals surface area contributed by atoms with E-state index in [9.17, 15) is 9.59 Å². The van der Waals surface area contributed by atoms with Crippen LogP contribution in [0.4, 0.5) is 5.69 Å². The summed E-state index contributed by atoms with van der Waals surface area (Å²) >= 11 is 0. The average Bonchev–Trinajstić information content (AvgIpc) is 2.88. The van der Waals surface area contributed by atoms with E-state index in [1.807, 2.05) is 0 Å². The van der Waals surface area contributed by atoms with Gasteiger partial charge in [0.1, 0.15) is 11.4 Å². The van der Waals surface area contributed by atoms with E-state index in [1.54, 1.807) is 42.6 Å². The summed E-state index contributed by atoms with van der Waals surface area (Å²) in [4.78, 5) is 26.0. The zero-order valence-corrected chi connectivity index (χ0v) is 14.2. The fourth-order valence-electron chi connectivity index (χ4n) is 2.22. The molecule has 0 unspecified atom stereocenters. The van der Waals surface area contributed by atoms with Gasteiger partial charge in [-0.25, -0.2) is 9.59 Å². The van der Waals surface area contributed by atoms with Crippen molar-refractivity contribution in [3.8, 4) is 5.75 Å². The summed E-state index contributed by atoms with van der Waals surface area (Å²) in [6.45, 7) is 0.0912. The Labute approximate surface area is 145 Å². The number of methoxy groups -OCH3 is 3. The molecule has 0 aliphatic carbocycles. The normalized spacial score (nSPS) is 13.5. The van der Waals surface area contributed by atoms with E-state index in [4.69, 9.17) is 18.9 Å². The van der Waals surface area contributed by atoms with Crippen molar-refractivity contribution in [3.63, 3.8) is 0 Å². The molecule has 25 heavy (non-hydrogen) atoms. The van der Waals surface area contributed by atoms with Crippen molar-refractivity contribution in [1.82, 2.24) is 0 Å². The third kappa shape index (κ3) is 4.27. The SMILES string of the molecule is COCOc1cccc(N2C=CC=CC(C(=O)OC)=C2C(=O)OC)c1. The fourth-order valence-corrected chi connectivity index (χ4v) is 2.22. The average molecular weight is 345 g/mol. The van der Waals surface area contributed by atoms with Gasteiger partial charge in [-0.05, 0) is 24.3 Å². The summed E-state index contributed by atoms with van der Waals surface area (Å²) in [6.07, 6.45) is 6.48. The fraction of sp³-hybridized carbons (Fsp3) is 0.222. The Hall–Kier alpha value is -3.06. The van der Waals surface area contributed by atoms with Crippen LogP contribution in [-0.2, 0) is 23.8 Å². The largest absolute Gasteiger partial charge is 0.467 e. The Morgan fingerprint density at radius 3 is 2.48 bits per heavy atom. The maximum absolute atomic E-state index is 12.3. The Bertz CT molecular complexity index is 735. The molecular weight excluding hydrogens is 326 g/mol. The molecule has 0 bridgehead atoms. The van der Waals surface area contributed by atoms with Crippen LogP contribution in [0, 0.1) is 0 Å². The third-order valence-corrected chi connectivity index (χ3v) is 3.33. The van der Waals surface area contributed by atoms with Crippen LogP contribution >= 0.6 is 0 Å². The molecule has 0 saturated carbocycles. The van der Waals surface area contributed by atoms with Crippen LogP contribution in [0.25, 0.3) is 0 Å². The zero-order valence-electron chi connectivity index (χ0n) is 14.2. The summed E-state index contributed by atoms with van der Waals surface area (Å²) in [5, 5.41) is 0. The van der Waals surface area contributed by atoms with E-state index in [2.05, 4.69) is 0 Å². The van der Waals surface area contributed by atoms with Gasteiger partial charge in [0.05, 0.1) is 19.8 Å². The molecule has 7 heteroatoms. The van der Waals surface area contributed by atoms with Crippen LogP contribution in [0.5, 0.6) is 5.75 Å². The first-order chi connectivity index (χ1) is 12.1. The highest BCUT2D eigenvalue weighted by Crippen LogP contribution is 2.28. The number of esters is 2. The molecule has 132 valence electrons. The molecule has 0 amide bonds. The summed E-state index contributed by atoms with van der Waals surface area (Å²) in [7, 11) is 4.02. The van der Waals surface area contributed by atoms with Crippen LogP contribution in [-0.4, -0.2) is 40.1 Å². The molecule has 1 aromatic rings. The zero-order chi connectivity index (χ0) is 18.2. The van der Waals surface area contributed by atoms with Gasteiger partial charge in [0.15, 0.2) is 6.79 Å². The smallest absolute Gasteiger partial charge is 0.355 e. The molecule has 2 rings (SSSR count). The Kier molecular flexibility index (Phi) is 6.36. The lowest BCUT2D eigenvalue weighted by Gasteiger charge is -2.23. The lowest BCUT2D eigenvalue weighted by atomic mass is 10.1. The number of nitrogens with zero attached hydrogens (tertiary/aromatic N) is 1. The van der Waals surface area contributed by atoms with E-state index in [0.29, 0.717) is 11.4 Å². The van der Waals surface area contributed by atoms with E-state index < -0.39 is 11.9 Å². The molecule has 1 heterocycles. The van der Waals surface area contributed by atoms with Gasteiger partial charge >= 0.3 is 11.9 Å². The second-order valence-electron chi connectivity index (χ2n) is 4.86. The number of hydrogen-bond donors (Lipinski definition) is 0. The van der Waals surface area contributed by atoms with E-state index in [1.165, 1.54) is 32.3 Å².